The maximum atomic E-state index is 12.7. The third kappa shape index (κ3) is 3.48. The molecule has 0 saturated carbocycles. The number of nitrogens with zero attached hydrogens (tertiary/aromatic N) is 2. The standard InChI is InChI=1S/C21H13N3O3S2/c25-19-17(28-21(26)24(19)13-6-2-1-3-7-13)12-14-10-11-18(27-14)29-20-22-15-8-4-5-9-16(15)23-20/h1-12H,(H,22,23)/b17-12-. The number of benzene rings is 2. The zero-order chi connectivity index (χ0) is 19.8. The molecular formula is C21H13N3O3S2. The molecule has 2 aromatic carbocycles. The first-order chi connectivity index (χ1) is 14.2. The molecule has 2 aromatic heterocycles. The number of anilines is 1. The minimum absolute atomic E-state index is 0.323. The highest BCUT2D eigenvalue weighted by Gasteiger charge is 2.36. The number of carbonyl (C=O) groups excluding carboxylic acids is 2. The summed E-state index contributed by atoms with van der Waals surface area (Å²) in [6.45, 7) is 0. The van der Waals surface area contributed by atoms with Crippen LogP contribution in [0.3, 0.4) is 0 Å². The maximum absolute atomic E-state index is 12.7. The molecule has 142 valence electrons. The van der Waals surface area contributed by atoms with Crippen molar-refractivity contribution in [2.24, 2.45) is 0 Å². The first-order valence-electron chi connectivity index (χ1n) is 8.73. The van der Waals surface area contributed by atoms with Gasteiger partial charge in [0.25, 0.3) is 11.1 Å². The number of aromatic amines is 1. The van der Waals surface area contributed by atoms with E-state index in [1.807, 2.05) is 36.4 Å². The van der Waals surface area contributed by atoms with Gasteiger partial charge in [0.2, 0.25) is 0 Å². The van der Waals surface area contributed by atoms with Gasteiger partial charge in [-0.2, -0.15) is 0 Å². The summed E-state index contributed by atoms with van der Waals surface area (Å²) in [7, 11) is 0. The molecule has 0 unspecified atom stereocenters. The molecule has 29 heavy (non-hydrogen) atoms. The van der Waals surface area contributed by atoms with Gasteiger partial charge in [0, 0.05) is 6.08 Å². The first kappa shape index (κ1) is 17.8. The summed E-state index contributed by atoms with van der Waals surface area (Å²) in [6, 6.07) is 20.2. The summed E-state index contributed by atoms with van der Waals surface area (Å²) in [5, 5.41) is 1.03. The highest BCUT2D eigenvalue weighted by molar-refractivity contribution is 8.19. The van der Waals surface area contributed by atoms with E-state index in [-0.39, 0.29) is 11.1 Å². The second kappa shape index (κ2) is 7.31. The topological polar surface area (TPSA) is 79.2 Å². The number of imidazole rings is 1. The maximum Gasteiger partial charge on any atom is 0.298 e. The van der Waals surface area contributed by atoms with E-state index in [0.717, 1.165) is 28.0 Å². The number of thioether (sulfide) groups is 1. The molecular weight excluding hydrogens is 406 g/mol. The number of nitrogens with one attached hydrogen (secondary N) is 1. The van der Waals surface area contributed by atoms with Crippen LogP contribution in [0.4, 0.5) is 10.5 Å². The van der Waals surface area contributed by atoms with Crippen LogP contribution in [0.25, 0.3) is 17.1 Å². The Labute approximate surface area is 174 Å². The molecule has 1 aliphatic heterocycles. The van der Waals surface area contributed by atoms with E-state index < -0.39 is 0 Å². The zero-order valence-electron chi connectivity index (χ0n) is 14.9. The van der Waals surface area contributed by atoms with Crippen molar-refractivity contribution in [1.82, 2.24) is 9.97 Å². The van der Waals surface area contributed by atoms with Crippen LogP contribution in [-0.4, -0.2) is 21.1 Å². The molecule has 6 nitrogen and oxygen atoms in total. The summed E-state index contributed by atoms with van der Waals surface area (Å²) in [6.07, 6.45) is 1.59. The smallest absolute Gasteiger partial charge is 0.298 e. The SMILES string of the molecule is O=C1S/C(=C\c2ccc(Sc3nc4ccccc4[nH]3)o2)C(=O)N1c1ccccc1. The van der Waals surface area contributed by atoms with E-state index in [0.29, 0.717) is 21.4 Å². The number of aromatic nitrogens is 2. The van der Waals surface area contributed by atoms with Gasteiger partial charge in [-0.25, -0.2) is 9.88 Å². The normalized spacial score (nSPS) is 15.7. The molecule has 1 saturated heterocycles. The fraction of sp³-hybridized carbons (Fsp3) is 0. The van der Waals surface area contributed by atoms with E-state index >= 15 is 0 Å². The minimum Gasteiger partial charge on any atom is -0.450 e. The number of amides is 2. The van der Waals surface area contributed by atoms with Crippen LogP contribution in [0.5, 0.6) is 0 Å². The highest BCUT2D eigenvalue weighted by atomic mass is 32.2. The Balaban J connectivity index is 1.36. The van der Waals surface area contributed by atoms with Crippen molar-refractivity contribution in [2.45, 2.75) is 10.2 Å². The summed E-state index contributed by atoms with van der Waals surface area (Å²) in [4.78, 5) is 34.2. The van der Waals surface area contributed by atoms with E-state index in [1.54, 1.807) is 36.4 Å². The minimum atomic E-state index is -0.353. The molecule has 0 spiro atoms. The molecule has 1 fully saturated rings. The lowest BCUT2D eigenvalue weighted by Gasteiger charge is -2.11. The van der Waals surface area contributed by atoms with Crippen molar-refractivity contribution in [3.05, 3.63) is 77.4 Å². The molecule has 0 radical (unpaired) electrons. The number of hydrogen-bond acceptors (Lipinski definition) is 6. The van der Waals surface area contributed by atoms with Crippen molar-refractivity contribution in [2.75, 3.05) is 4.90 Å². The Bertz CT molecular complexity index is 1230. The number of carbonyl (C=O) groups is 2. The van der Waals surface area contributed by atoms with Gasteiger partial charge in [0.1, 0.15) is 5.76 Å². The van der Waals surface area contributed by atoms with Crippen LogP contribution in [0.15, 0.2) is 86.3 Å². The van der Waals surface area contributed by atoms with Gasteiger partial charge in [-0.3, -0.25) is 9.59 Å². The molecule has 0 aliphatic carbocycles. The van der Waals surface area contributed by atoms with Crippen molar-refractivity contribution in [3.63, 3.8) is 0 Å². The highest BCUT2D eigenvalue weighted by Crippen LogP contribution is 2.36. The van der Waals surface area contributed by atoms with Crippen LogP contribution < -0.4 is 4.90 Å². The third-order valence-corrected chi connectivity index (χ3v) is 5.93. The molecule has 1 N–H and O–H groups in total. The van der Waals surface area contributed by atoms with Crippen LogP contribution in [-0.2, 0) is 4.79 Å². The fourth-order valence-corrected chi connectivity index (χ4v) is 4.53. The van der Waals surface area contributed by atoms with Crippen LogP contribution in [0.1, 0.15) is 5.76 Å². The van der Waals surface area contributed by atoms with E-state index in [9.17, 15) is 9.59 Å². The quantitative estimate of drug-likeness (QED) is 0.437. The largest absolute Gasteiger partial charge is 0.450 e. The van der Waals surface area contributed by atoms with Gasteiger partial charge in [-0.15, -0.1) is 0 Å². The van der Waals surface area contributed by atoms with Crippen LogP contribution in [0.2, 0.25) is 0 Å². The molecule has 0 atom stereocenters. The van der Waals surface area contributed by atoms with Gasteiger partial charge in [0.15, 0.2) is 10.2 Å². The fourth-order valence-electron chi connectivity index (χ4n) is 2.94. The van der Waals surface area contributed by atoms with E-state index in [1.165, 1.54) is 16.7 Å². The number of fused-ring (bicyclic) bond motifs is 1. The molecule has 5 rings (SSSR count). The summed E-state index contributed by atoms with van der Waals surface area (Å²) in [5.74, 6) is 0.149. The monoisotopic (exact) mass is 419 g/mol. The molecule has 0 bridgehead atoms. The number of H-pyrrole nitrogens is 1. The van der Waals surface area contributed by atoms with Gasteiger partial charge in [-0.05, 0) is 59.9 Å². The van der Waals surface area contributed by atoms with Gasteiger partial charge >= 0.3 is 0 Å². The van der Waals surface area contributed by atoms with Gasteiger partial charge in [-0.1, -0.05) is 30.3 Å². The Morgan fingerprint density at radius 3 is 2.62 bits per heavy atom. The lowest BCUT2D eigenvalue weighted by Crippen LogP contribution is -2.27. The van der Waals surface area contributed by atoms with Crippen molar-refractivity contribution < 1.29 is 14.0 Å². The summed E-state index contributed by atoms with van der Waals surface area (Å²) < 4.78 is 5.80. The van der Waals surface area contributed by atoms with Crippen molar-refractivity contribution >= 4 is 57.5 Å². The Kier molecular flexibility index (Phi) is 4.49. The van der Waals surface area contributed by atoms with Gasteiger partial charge < -0.3 is 9.40 Å². The van der Waals surface area contributed by atoms with Gasteiger partial charge in [0.05, 0.1) is 21.6 Å². The molecule has 4 aromatic rings. The number of imide groups is 1. The average molecular weight is 419 g/mol. The lowest BCUT2D eigenvalue weighted by molar-refractivity contribution is -0.113. The van der Waals surface area contributed by atoms with Crippen LogP contribution >= 0.6 is 23.5 Å². The Hall–Kier alpha value is -3.23. The first-order valence-corrected chi connectivity index (χ1v) is 10.4. The van der Waals surface area contributed by atoms with E-state index in [4.69, 9.17) is 4.42 Å². The Morgan fingerprint density at radius 2 is 1.79 bits per heavy atom. The number of furan rings is 1. The molecule has 2 amide bonds. The van der Waals surface area contributed by atoms with E-state index in [2.05, 4.69) is 9.97 Å². The number of hydrogen-bond donors (Lipinski definition) is 1. The van der Waals surface area contributed by atoms with Crippen molar-refractivity contribution in [3.8, 4) is 0 Å². The Morgan fingerprint density at radius 1 is 1.00 bits per heavy atom. The molecule has 1 aliphatic rings. The average Bonchev–Trinajstić information content (AvgIpc) is 3.41. The predicted molar refractivity (Wildman–Crippen MR) is 114 cm³/mol. The molecule has 3 heterocycles. The lowest BCUT2D eigenvalue weighted by atomic mass is 10.3. The zero-order valence-corrected chi connectivity index (χ0v) is 16.5. The second-order valence-electron chi connectivity index (χ2n) is 6.17. The summed E-state index contributed by atoms with van der Waals surface area (Å²) >= 11 is 2.26. The number of para-hydroxylation sites is 3. The predicted octanol–water partition coefficient (Wildman–Crippen LogP) is 5.55. The summed E-state index contributed by atoms with van der Waals surface area (Å²) in [5.41, 5.74) is 2.40. The van der Waals surface area contributed by atoms with Crippen LogP contribution in [0, 0.1) is 0 Å². The van der Waals surface area contributed by atoms with Crippen molar-refractivity contribution in [1.29, 1.82) is 0 Å². The third-order valence-electron chi connectivity index (χ3n) is 4.25. The second-order valence-corrected chi connectivity index (χ2v) is 8.16. The molecule has 8 heteroatoms. The number of rotatable bonds is 4.